The molecular formula is C20H23ClN2OS. The molecule has 2 aromatic rings. The minimum Gasteiger partial charge on any atom is -0.352 e. The van der Waals surface area contributed by atoms with Crippen LogP contribution in [0.3, 0.4) is 0 Å². The molecule has 0 saturated carbocycles. The lowest BCUT2D eigenvalue weighted by Crippen LogP contribution is -2.37. The lowest BCUT2D eigenvalue weighted by Gasteiger charge is -2.16. The SMILES string of the molecule is O=C(CCSc1ccc(Cl)cc1)NC1CCN(Cc2ccccc2)C1. The maximum Gasteiger partial charge on any atom is 0.221 e. The molecule has 1 unspecified atom stereocenters. The largest absolute Gasteiger partial charge is 0.352 e. The first-order valence-electron chi connectivity index (χ1n) is 8.63. The van der Waals surface area contributed by atoms with E-state index in [1.807, 2.05) is 30.3 Å². The van der Waals surface area contributed by atoms with Gasteiger partial charge < -0.3 is 5.32 Å². The number of thioether (sulfide) groups is 1. The Labute approximate surface area is 158 Å². The molecule has 0 spiro atoms. The summed E-state index contributed by atoms with van der Waals surface area (Å²) in [6, 6.07) is 18.5. The van der Waals surface area contributed by atoms with Crippen LogP contribution in [0.1, 0.15) is 18.4 Å². The van der Waals surface area contributed by atoms with Crippen LogP contribution in [-0.2, 0) is 11.3 Å². The van der Waals surface area contributed by atoms with Crippen molar-refractivity contribution in [2.45, 2.75) is 30.3 Å². The highest BCUT2D eigenvalue weighted by Crippen LogP contribution is 2.21. The summed E-state index contributed by atoms with van der Waals surface area (Å²) < 4.78 is 0. The average Bonchev–Trinajstić information content (AvgIpc) is 3.04. The predicted octanol–water partition coefficient (Wildman–Crippen LogP) is 4.21. The van der Waals surface area contributed by atoms with Crippen molar-refractivity contribution < 1.29 is 4.79 Å². The van der Waals surface area contributed by atoms with Gasteiger partial charge >= 0.3 is 0 Å². The number of carbonyl (C=O) groups is 1. The molecule has 3 nitrogen and oxygen atoms in total. The van der Waals surface area contributed by atoms with Crippen LogP contribution in [0.4, 0.5) is 0 Å². The van der Waals surface area contributed by atoms with Gasteiger partial charge in [-0.3, -0.25) is 9.69 Å². The number of benzene rings is 2. The molecule has 0 aromatic heterocycles. The van der Waals surface area contributed by atoms with Gasteiger partial charge in [0.1, 0.15) is 0 Å². The van der Waals surface area contributed by atoms with E-state index in [1.54, 1.807) is 11.8 Å². The van der Waals surface area contributed by atoms with E-state index >= 15 is 0 Å². The first-order valence-corrected chi connectivity index (χ1v) is 9.99. The molecule has 0 radical (unpaired) electrons. The van der Waals surface area contributed by atoms with E-state index < -0.39 is 0 Å². The third kappa shape index (κ3) is 6.07. The van der Waals surface area contributed by atoms with Gasteiger partial charge in [-0.05, 0) is 36.2 Å². The van der Waals surface area contributed by atoms with Gasteiger partial charge in [0, 0.05) is 47.8 Å². The Kier molecular flexibility index (Phi) is 6.79. The number of rotatable bonds is 7. The van der Waals surface area contributed by atoms with Crippen LogP contribution in [-0.4, -0.2) is 35.7 Å². The number of halogens is 1. The topological polar surface area (TPSA) is 32.3 Å². The van der Waals surface area contributed by atoms with Crippen molar-refractivity contribution in [2.75, 3.05) is 18.8 Å². The number of amides is 1. The van der Waals surface area contributed by atoms with E-state index in [9.17, 15) is 4.79 Å². The molecule has 1 fully saturated rings. The second-order valence-corrected chi connectivity index (χ2v) is 7.93. The molecule has 132 valence electrons. The summed E-state index contributed by atoms with van der Waals surface area (Å²) in [7, 11) is 0. The molecule has 3 rings (SSSR count). The molecule has 1 atom stereocenters. The number of nitrogens with zero attached hydrogens (tertiary/aromatic N) is 1. The van der Waals surface area contributed by atoms with Crippen molar-refractivity contribution in [3.8, 4) is 0 Å². The van der Waals surface area contributed by atoms with Crippen molar-refractivity contribution in [2.24, 2.45) is 0 Å². The average molecular weight is 375 g/mol. The molecule has 1 amide bonds. The second kappa shape index (κ2) is 9.27. The fraction of sp³-hybridized carbons (Fsp3) is 0.350. The minimum absolute atomic E-state index is 0.146. The van der Waals surface area contributed by atoms with Gasteiger partial charge in [-0.2, -0.15) is 0 Å². The van der Waals surface area contributed by atoms with Crippen LogP contribution in [0.5, 0.6) is 0 Å². The van der Waals surface area contributed by atoms with Gasteiger partial charge in [0.05, 0.1) is 0 Å². The zero-order valence-electron chi connectivity index (χ0n) is 14.2. The molecular weight excluding hydrogens is 352 g/mol. The summed E-state index contributed by atoms with van der Waals surface area (Å²) in [5.74, 6) is 0.932. The molecule has 5 heteroatoms. The fourth-order valence-corrected chi connectivity index (χ4v) is 4.01. The zero-order valence-corrected chi connectivity index (χ0v) is 15.7. The Hall–Kier alpha value is -1.49. The van der Waals surface area contributed by atoms with Crippen molar-refractivity contribution in [3.63, 3.8) is 0 Å². The number of nitrogens with one attached hydrogen (secondary N) is 1. The third-order valence-electron chi connectivity index (χ3n) is 4.30. The Morgan fingerprint density at radius 2 is 1.92 bits per heavy atom. The normalized spacial score (nSPS) is 17.6. The third-order valence-corrected chi connectivity index (χ3v) is 5.56. The van der Waals surface area contributed by atoms with Crippen LogP contribution in [0.15, 0.2) is 59.5 Å². The van der Waals surface area contributed by atoms with Crippen molar-refractivity contribution >= 4 is 29.3 Å². The first kappa shape index (κ1) is 18.3. The molecule has 1 aliphatic rings. The van der Waals surface area contributed by atoms with Crippen molar-refractivity contribution in [3.05, 3.63) is 65.2 Å². The lowest BCUT2D eigenvalue weighted by atomic mass is 10.2. The van der Waals surface area contributed by atoms with E-state index in [-0.39, 0.29) is 11.9 Å². The summed E-state index contributed by atoms with van der Waals surface area (Å²) >= 11 is 7.56. The van der Waals surface area contributed by atoms with Gasteiger partial charge in [-0.25, -0.2) is 0 Å². The maximum absolute atomic E-state index is 12.1. The highest BCUT2D eigenvalue weighted by Gasteiger charge is 2.23. The van der Waals surface area contributed by atoms with Crippen molar-refractivity contribution in [1.82, 2.24) is 10.2 Å². The van der Waals surface area contributed by atoms with Gasteiger partial charge in [0.15, 0.2) is 0 Å². The van der Waals surface area contributed by atoms with Crippen LogP contribution >= 0.6 is 23.4 Å². The quantitative estimate of drug-likeness (QED) is 0.736. The Balaban J connectivity index is 1.35. The zero-order chi connectivity index (χ0) is 17.5. The maximum atomic E-state index is 12.1. The molecule has 0 bridgehead atoms. The number of carbonyl (C=O) groups excluding carboxylic acids is 1. The number of hydrogen-bond acceptors (Lipinski definition) is 3. The molecule has 1 N–H and O–H groups in total. The molecule has 1 heterocycles. The summed E-state index contributed by atoms with van der Waals surface area (Å²) in [4.78, 5) is 15.7. The van der Waals surface area contributed by atoms with Crippen LogP contribution in [0.2, 0.25) is 5.02 Å². The van der Waals surface area contributed by atoms with E-state index in [1.165, 1.54) is 5.56 Å². The highest BCUT2D eigenvalue weighted by molar-refractivity contribution is 7.99. The van der Waals surface area contributed by atoms with Crippen molar-refractivity contribution in [1.29, 1.82) is 0 Å². The Morgan fingerprint density at radius 1 is 1.16 bits per heavy atom. The number of likely N-dealkylation sites (tertiary alicyclic amines) is 1. The summed E-state index contributed by atoms with van der Waals surface area (Å²) in [5.41, 5.74) is 1.33. The Morgan fingerprint density at radius 3 is 2.68 bits per heavy atom. The highest BCUT2D eigenvalue weighted by atomic mass is 35.5. The summed E-state index contributed by atoms with van der Waals surface area (Å²) in [5, 5.41) is 3.91. The number of hydrogen-bond donors (Lipinski definition) is 1. The summed E-state index contributed by atoms with van der Waals surface area (Å²) in [6.45, 7) is 2.93. The van der Waals surface area contributed by atoms with Gasteiger partial charge in [-0.15, -0.1) is 11.8 Å². The summed E-state index contributed by atoms with van der Waals surface area (Å²) in [6.07, 6.45) is 1.57. The predicted molar refractivity (Wildman–Crippen MR) is 105 cm³/mol. The lowest BCUT2D eigenvalue weighted by molar-refractivity contribution is -0.121. The molecule has 25 heavy (non-hydrogen) atoms. The second-order valence-electron chi connectivity index (χ2n) is 6.33. The van der Waals surface area contributed by atoms with Crippen LogP contribution < -0.4 is 5.32 Å². The Bertz CT molecular complexity index is 678. The van der Waals surface area contributed by atoms with Gasteiger partial charge in [-0.1, -0.05) is 41.9 Å². The van der Waals surface area contributed by atoms with E-state index in [2.05, 4.69) is 34.5 Å². The smallest absolute Gasteiger partial charge is 0.221 e. The molecule has 0 aliphatic carbocycles. The molecule has 2 aromatic carbocycles. The molecule has 1 aliphatic heterocycles. The van der Waals surface area contributed by atoms with E-state index in [0.29, 0.717) is 6.42 Å². The van der Waals surface area contributed by atoms with E-state index in [4.69, 9.17) is 11.6 Å². The van der Waals surface area contributed by atoms with Gasteiger partial charge in [0.25, 0.3) is 0 Å². The monoisotopic (exact) mass is 374 g/mol. The van der Waals surface area contributed by atoms with Crippen LogP contribution in [0, 0.1) is 0 Å². The fourth-order valence-electron chi connectivity index (χ4n) is 3.03. The van der Waals surface area contributed by atoms with E-state index in [0.717, 1.165) is 41.7 Å². The minimum atomic E-state index is 0.146. The van der Waals surface area contributed by atoms with Crippen LogP contribution in [0.25, 0.3) is 0 Å². The van der Waals surface area contributed by atoms with Gasteiger partial charge in [0.2, 0.25) is 5.91 Å². The standard InChI is InChI=1S/C20H23ClN2OS/c21-17-6-8-19(9-7-17)25-13-11-20(24)22-18-10-12-23(15-18)14-16-4-2-1-3-5-16/h1-9,18H,10-15H2,(H,22,24). The molecule has 1 saturated heterocycles. The first-order chi connectivity index (χ1) is 12.2.